The summed E-state index contributed by atoms with van der Waals surface area (Å²) < 4.78 is 5.37. The highest BCUT2D eigenvalue weighted by molar-refractivity contribution is 6.16. The number of amides is 2. The Bertz CT molecular complexity index is 277. The molecule has 2 amide bonds. The number of rotatable bonds is 2. The Labute approximate surface area is 75.9 Å². The minimum absolute atomic E-state index is 0.128. The summed E-state index contributed by atoms with van der Waals surface area (Å²) >= 11 is 0. The van der Waals surface area contributed by atoms with E-state index in [1.165, 1.54) is 6.08 Å². The van der Waals surface area contributed by atoms with Crippen LogP contribution in [0.4, 0.5) is 0 Å². The lowest BCUT2D eigenvalue weighted by Gasteiger charge is -2.07. The SMILES string of the molecule is O=C1C=C(CC2CCCO2)C(=O)N1. The van der Waals surface area contributed by atoms with Gasteiger partial charge in [0.1, 0.15) is 0 Å². The first kappa shape index (κ1) is 8.44. The number of imide groups is 1. The Kier molecular flexibility index (Phi) is 2.14. The minimum Gasteiger partial charge on any atom is -0.378 e. The number of carbonyl (C=O) groups is 2. The zero-order valence-corrected chi connectivity index (χ0v) is 7.21. The largest absolute Gasteiger partial charge is 0.378 e. The van der Waals surface area contributed by atoms with E-state index in [4.69, 9.17) is 4.74 Å². The van der Waals surface area contributed by atoms with Crippen molar-refractivity contribution in [3.63, 3.8) is 0 Å². The summed E-state index contributed by atoms with van der Waals surface area (Å²) in [5.41, 5.74) is 0.553. The zero-order valence-electron chi connectivity index (χ0n) is 7.21. The van der Waals surface area contributed by atoms with Gasteiger partial charge in [-0.2, -0.15) is 0 Å². The lowest BCUT2D eigenvalue weighted by atomic mass is 10.1. The molecular formula is C9H11NO3. The molecule has 0 radical (unpaired) electrons. The van der Waals surface area contributed by atoms with E-state index in [1.54, 1.807) is 0 Å². The van der Waals surface area contributed by atoms with Gasteiger partial charge in [0.05, 0.1) is 6.10 Å². The molecule has 0 aliphatic carbocycles. The van der Waals surface area contributed by atoms with Crippen LogP contribution in [0.25, 0.3) is 0 Å². The van der Waals surface area contributed by atoms with Gasteiger partial charge in [-0.15, -0.1) is 0 Å². The molecular weight excluding hydrogens is 170 g/mol. The van der Waals surface area contributed by atoms with E-state index < -0.39 is 0 Å². The van der Waals surface area contributed by atoms with Crippen LogP contribution >= 0.6 is 0 Å². The van der Waals surface area contributed by atoms with E-state index >= 15 is 0 Å². The minimum atomic E-state index is -0.307. The summed E-state index contributed by atoms with van der Waals surface area (Å²) in [6.07, 6.45) is 4.09. The third-order valence-electron chi connectivity index (χ3n) is 2.31. The second-order valence-corrected chi connectivity index (χ2v) is 3.33. The lowest BCUT2D eigenvalue weighted by molar-refractivity contribution is -0.124. The molecule has 0 aromatic heterocycles. The van der Waals surface area contributed by atoms with Crippen molar-refractivity contribution in [2.24, 2.45) is 0 Å². The average molecular weight is 181 g/mol. The quantitative estimate of drug-likeness (QED) is 0.616. The maximum atomic E-state index is 11.1. The first-order valence-corrected chi connectivity index (χ1v) is 4.43. The molecule has 4 heteroatoms. The number of hydrogen-bond acceptors (Lipinski definition) is 3. The first-order chi connectivity index (χ1) is 6.25. The Balaban J connectivity index is 1.97. The fourth-order valence-corrected chi connectivity index (χ4v) is 1.65. The van der Waals surface area contributed by atoms with E-state index in [-0.39, 0.29) is 17.9 Å². The molecule has 4 nitrogen and oxygen atoms in total. The molecule has 1 saturated heterocycles. The summed E-state index contributed by atoms with van der Waals surface area (Å²) in [7, 11) is 0. The van der Waals surface area contributed by atoms with Gasteiger partial charge < -0.3 is 4.74 Å². The zero-order chi connectivity index (χ0) is 9.26. The number of nitrogens with one attached hydrogen (secondary N) is 1. The molecule has 2 aliphatic rings. The van der Waals surface area contributed by atoms with E-state index in [0.29, 0.717) is 12.0 Å². The number of carbonyl (C=O) groups excluding carboxylic acids is 2. The Morgan fingerprint density at radius 1 is 1.54 bits per heavy atom. The van der Waals surface area contributed by atoms with E-state index in [9.17, 15) is 9.59 Å². The molecule has 2 heterocycles. The summed E-state index contributed by atoms with van der Waals surface area (Å²) in [6, 6.07) is 0. The third-order valence-corrected chi connectivity index (χ3v) is 2.31. The molecule has 2 aliphatic heterocycles. The monoisotopic (exact) mass is 181 g/mol. The normalized spacial score (nSPS) is 27.7. The van der Waals surface area contributed by atoms with Crippen LogP contribution in [-0.4, -0.2) is 24.5 Å². The fraction of sp³-hybridized carbons (Fsp3) is 0.556. The van der Waals surface area contributed by atoms with Crippen LogP contribution in [0.3, 0.4) is 0 Å². The van der Waals surface area contributed by atoms with E-state index in [2.05, 4.69) is 5.32 Å². The highest BCUT2D eigenvalue weighted by Gasteiger charge is 2.25. The van der Waals surface area contributed by atoms with Crippen molar-refractivity contribution in [1.29, 1.82) is 0 Å². The molecule has 2 rings (SSSR count). The van der Waals surface area contributed by atoms with Gasteiger partial charge in [-0.3, -0.25) is 14.9 Å². The molecule has 1 fully saturated rings. The number of ether oxygens (including phenoxy) is 1. The van der Waals surface area contributed by atoms with Crippen LogP contribution in [-0.2, 0) is 14.3 Å². The third kappa shape index (κ3) is 1.78. The summed E-state index contributed by atoms with van der Waals surface area (Å²) in [4.78, 5) is 21.9. The highest BCUT2D eigenvalue weighted by atomic mass is 16.5. The van der Waals surface area contributed by atoms with Crippen LogP contribution < -0.4 is 5.32 Å². The molecule has 0 bridgehead atoms. The van der Waals surface area contributed by atoms with Crippen molar-refractivity contribution in [2.45, 2.75) is 25.4 Å². The van der Waals surface area contributed by atoms with Gasteiger partial charge in [-0.1, -0.05) is 0 Å². The molecule has 0 aromatic carbocycles. The van der Waals surface area contributed by atoms with Crippen molar-refractivity contribution in [3.8, 4) is 0 Å². The average Bonchev–Trinajstić information content (AvgIpc) is 2.63. The maximum absolute atomic E-state index is 11.1. The van der Waals surface area contributed by atoms with Crippen molar-refractivity contribution in [3.05, 3.63) is 11.6 Å². The van der Waals surface area contributed by atoms with Crippen molar-refractivity contribution < 1.29 is 14.3 Å². The lowest BCUT2D eigenvalue weighted by Crippen LogP contribution is -2.23. The molecule has 13 heavy (non-hydrogen) atoms. The predicted octanol–water partition coefficient (Wildman–Crippen LogP) is 0.138. The van der Waals surface area contributed by atoms with Gasteiger partial charge in [0.15, 0.2) is 0 Å². The van der Waals surface area contributed by atoms with Crippen LogP contribution in [0.5, 0.6) is 0 Å². The molecule has 70 valence electrons. The van der Waals surface area contributed by atoms with E-state index in [1.807, 2.05) is 0 Å². The maximum Gasteiger partial charge on any atom is 0.254 e. The molecule has 0 aromatic rings. The summed E-state index contributed by atoms with van der Waals surface area (Å²) in [5.74, 6) is -0.571. The van der Waals surface area contributed by atoms with Gasteiger partial charge in [-0.25, -0.2) is 0 Å². The fourth-order valence-electron chi connectivity index (χ4n) is 1.65. The Morgan fingerprint density at radius 2 is 2.38 bits per heavy atom. The second-order valence-electron chi connectivity index (χ2n) is 3.33. The molecule has 0 saturated carbocycles. The smallest absolute Gasteiger partial charge is 0.254 e. The number of hydrogen-bond donors (Lipinski definition) is 1. The second kappa shape index (κ2) is 3.30. The first-order valence-electron chi connectivity index (χ1n) is 4.43. The standard InChI is InChI=1S/C9H11NO3/c11-8-5-6(9(12)10-8)4-7-2-1-3-13-7/h5,7H,1-4H2,(H,10,11,12). The van der Waals surface area contributed by atoms with Gasteiger partial charge in [-0.05, 0) is 12.8 Å². The van der Waals surface area contributed by atoms with Gasteiger partial charge >= 0.3 is 0 Å². The highest BCUT2D eigenvalue weighted by Crippen LogP contribution is 2.20. The van der Waals surface area contributed by atoms with Crippen molar-refractivity contribution >= 4 is 11.8 Å². The topological polar surface area (TPSA) is 55.4 Å². The predicted molar refractivity (Wildman–Crippen MR) is 44.8 cm³/mol. The van der Waals surface area contributed by atoms with Crippen molar-refractivity contribution in [1.82, 2.24) is 5.32 Å². The van der Waals surface area contributed by atoms with Crippen LogP contribution in [0.1, 0.15) is 19.3 Å². The van der Waals surface area contributed by atoms with Crippen LogP contribution in [0, 0.1) is 0 Å². The summed E-state index contributed by atoms with van der Waals surface area (Å²) in [5, 5.41) is 2.21. The van der Waals surface area contributed by atoms with Crippen molar-refractivity contribution in [2.75, 3.05) is 6.61 Å². The molecule has 1 N–H and O–H groups in total. The van der Waals surface area contributed by atoms with Gasteiger partial charge in [0, 0.05) is 24.7 Å². The molecule has 0 spiro atoms. The molecule has 1 atom stereocenters. The van der Waals surface area contributed by atoms with Crippen LogP contribution in [0.15, 0.2) is 11.6 Å². The van der Waals surface area contributed by atoms with E-state index in [0.717, 1.165) is 19.4 Å². The van der Waals surface area contributed by atoms with Crippen LogP contribution in [0.2, 0.25) is 0 Å². The Hall–Kier alpha value is -1.16. The summed E-state index contributed by atoms with van der Waals surface area (Å²) in [6.45, 7) is 0.771. The van der Waals surface area contributed by atoms with Gasteiger partial charge in [0.2, 0.25) is 0 Å². The van der Waals surface area contributed by atoms with Gasteiger partial charge in [0.25, 0.3) is 11.8 Å². The Morgan fingerprint density at radius 3 is 2.92 bits per heavy atom. The molecule has 1 unspecified atom stereocenters.